The topological polar surface area (TPSA) is 49.6 Å². The van der Waals surface area contributed by atoms with Crippen molar-refractivity contribution in [2.45, 2.75) is 31.7 Å². The Morgan fingerprint density at radius 3 is 2.69 bits per heavy atom. The Morgan fingerprint density at radius 1 is 1.12 bits per heavy atom. The van der Waals surface area contributed by atoms with Crippen LogP contribution in [-0.2, 0) is 11.2 Å². The van der Waals surface area contributed by atoms with Gasteiger partial charge in [-0.1, -0.05) is 49.0 Å². The number of amides is 1. The molecule has 1 amide bonds. The molecule has 0 aromatic heterocycles. The monoisotopic (exact) mass is 351 g/mol. The minimum Gasteiger partial charge on any atom is -0.364 e. The van der Waals surface area contributed by atoms with E-state index in [4.69, 9.17) is 5.73 Å². The number of hydrogen-bond donors (Lipinski definition) is 1. The Morgan fingerprint density at radius 2 is 1.92 bits per heavy atom. The Hall–Kier alpha value is -2.33. The third kappa shape index (κ3) is 4.25. The highest BCUT2D eigenvalue weighted by Gasteiger charge is 2.32. The van der Waals surface area contributed by atoms with E-state index in [2.05, 4.69) is 53.9 Å². The van der Waals surface area contributed by atoms with Crippen LogP contribution in [-0.4, -0.2) is 47.9 Å². The second-order valence-corrected chi connectivity index (χ2v) is 6.98. The molecule has 2 aromatic carbocycles. The van der Waals surface area contributed by atoms with E-state index < -0.39 is 0 Å². The summed E-state index contributed by atoms with van der Waals surface area (Å²) in [4.78, 5) is 17.0. The molecule has 4 heteroatoms. The number of hydrogen-bond acceptors (Lipinski definition) is 3. The number of carbonyl (C=O) groups is 1. The molecular weight excluding hydrogens is 322 g/mol. The zero-order valence-corrected chi connectivity index (χ0v) is 15.4. The zero-order chi connectivity index (χ0) is 18.4. The van der Waals surface area contributed by atoms with Crippen molar-refractivity contribution in [2.75, 3.05) is 26.2 Å². The summed E-state index contributed by atoms with van der Waals surface area (Å²) in [5.74, 6) is 0.231. The second-order valence-electron chi connectivity index (χ2n) is 6.98. The van der Waals surface area contributed by atoms with Crippen molar-refractivity contribution in [3.05, 3.63) is 60.8 Å². The predicted molar refractivity (Wildman–Crippen MR) is 108 cm³/mol. The van der Waals surface area contributed by atoms with Crippen molar-refractivity contribution in [3.8, 4) is 0 Å². The van der Waals surface area contributed by atoms with Crippen LogP contribution in [0.15, 0.2) is 55.2 Å². The highest BCUT2D eigenvalue weighted by atomic mass is 16.2. The average molecular weight is 351 g/mol. The number of benzene rings is 2. The molecule has 1 atom stereocenters. The molecule has 0 unspecified atom stereocenters. The first-order chi connectivity index (χ1) is 12.7. The third-order valence-electron chi connectivity index (χ3n) is 5.28. The minimum atomic E-state index is -0.0793. The van der Waals surface area contributed by atoms with E-state index in [1.165, 1.54) is 16.3 Å². The number of rotatable bonds is 8. The molecule has 1 aliphatic heterocycles. The molecule has 2 N–H and O–H groups in total. The Labute approximate surface area is 156 Å². The Bertz CT molecular complexity index is 758. The van der Waals surface area contributed by atoms with E-state index in [-0.39, 0.29) is 11.9 Å². The van der Waals surface area contributed by atoms with Gasteiger partial charge in [-0.25, -0.2) is 0 Å². The van der Waals surface area contributed by atoms with Crippen molar-refractivity contribution in [1.82, 2.24) is 9.80 Å². The number of nitrogens with zero attached hydrogens (tertiary/aromatic N) is 2. The van der Waals surface area contributed by atoms with Gasteiger partial charge in [-0.05, 0) is 54.8 Å². The first kappa shape index (κ1) is 18.5. The van der Waals surface area contributed by atoms with Crippen molar-refractivity contribution in [2.24, 2.45) is 5.73 Å². The first-order valence-corrected chi connectivity index (χ1v) is 9.58. The van der Waals surface area contributed by atoms with E-state index in [9.17, 15) is 4.79 Å². The first-order valence-electron chi connectivity index (χ1n) is 9.58. The predicted octanol–water partition coefficient (Wildman–Crippen LogP) is 3.17. The molecule has 0 spiro atoms. The highest BCUT2D eigenvalue weighted by molar-refractivity contribution is 5.84. The Kier molecular flexibility index (Phi) is 6.29. The van der Waals surface area contributed by atoms with Gasteiger partial charge < -0.3 is 15.5 Å². The minimum absolute atomic E-state index is 0.0793. The molecule has 1 aliphatic rings. The molecule has 3 rings (SSSR count). The van der Waals surface area contributed by atoms with Crippen LogP contribution in [0, 0.1) is 0 Å². The normalized spacial score (nSPS) is 17.7. The summed E-state index contributed by atoms with van der Waals surface area (Å²) >= 11 is 0. The molecule has 138 valence electrons. The van der Waals surface area contributed by atoms with Gasteiger partial charge in [0.25, 0.3) is 0 Å². The van der Waals surface area contributed by atoms with Crippen LogP contribution in [0.3, 0.4) is 0 Å². The molecule has 1 saturated heterocycles. The zero-order valence-electron chi connectivity index (χ0n) is 15.4. The lowest BCUT2D eigenvalue weighted by molar-refractivity contribution is -0.140. The van der Waals surface area contributed by atoms with Gasteiger partial charge in [-0.15, -0.1) is 0 Å². The van der Waals surface area contributed by atoms with E-state index in [1.807, 2.05) is 11.1 Å². The van der Waals surface area contributed by atoms with Gasteiger partial charge in [0, 0.05) is 19.6 Å². The van der Waals surface area contributed by atoms with E-state index in [0.29, 0.717) is 6.54 Å². The summed E-state index contributed by atoms with van der Waals surface area (Å²) in [5, 5.41) is 2.51. The molecule has 1 heterocycles. The lowest BCUT2D eigenvalue weighted by Gasteiger charge is -2.40. The van der Waals surface area contributed by atoms with Crippen LogP contribution in [0.5, 0.6) is 0 Å². The maximum absolute atomic E-state index is 12.9. The van der Waals surface area contributed by atoms with Crippen LogP contribution in [0.2, 0.25) is 0 Å². The van der Waals surface area contributed by atoms with E-state index >= 15 is 0 Å². The molecule has 0 saturated carbocycles. The Balaban J connectivity index is 1.62. The maximum Gasteiger partial charge on any atom is 0.245 e. The summed E-state index contributed by atoms with van der Waals surface area (Å²) in [6.07, 6.45) is 5.50. The number of carbonyl (C=O) groups excluding carboxylic acids is 1. The summed E-state index contributed by atoms with van der Waals surface area (Å²) in [5.41, 5.74) is 6.88. The van der Waals surface area contributed by atoms with Crippen molar-refractivity contribution < 1.29 is 4.79 Å². The van der Waals surface area contributed by atoms with Crippen LogP contribution < -0.4 is 5.73 Å². The standard InChI is InChI=1S/C22H29N3O/c1-2-24-15-16-25(22(26)21(24)9-5-6-13-23)14-12-18-10-11-19-7-3-4-8-20(19)17-18/h2-4,7-8,10-11,17,21H,1,5-6,9,12-16,23H2/t21-/m0/s1. The molecule has 2 aromatic rings. The fourth-order valence-electron chi connectivity index (χ4n) is 3.73. The molecular formula is C22H29N3O. The largest absolute Gasteiger partial charge is 0.364 e. The van der Waals surface area contributed by atoms with E-state index in [1.54, 1.807) is 0 Å². The quantitative estimate of drug-likeness (QED) is 0.743. The van der Waals surface area contributed by atoms with Gasteiger partial charge in [0.15, 0.2) is 0 Å². The van der Waals surface area contributed by atoms with Gasteiger partial charge in [0.1, 0.15) is 6.04 Å². The smallest absolute Gasteiger partial charge is 0.245 e. The van der Waals surface area contributed by atoms with Crippen molar-refractivity contribution in [1.29, 1.82) is 0 Å². The molecule has 0 aliphatic carbocycles. The number of unbranched alkanes of at least 4 members (excludes halogenated alkanes) is 1. The van der Waals surface area contributed by atoms with Gasteiger partial charge >= 0.3 is 0 Å². The molecule has 0 bridgehead atoms. The lowest BCUT2D eigenvalue weighted by Crippen LogP contribution is -2.55. The van der Waals surface area contributed by atoms with Crippen LogP contribution >= 0.6 is 0 Å². The summed E-state index contributed by atoms with van der Waals surface area (Å²) in [7, 11) is 0. The maximum atomic E-state index is 12.9. The lowest BCUT2D eigenvalue weighted by atomic mass is 10.0. The summed E-state index contributed by atoms with van der Waals surface area (Å²) < 4.78 is 0. The highest BCUT2D eigenvalue weighted by Crippen LogP contribution is 2.19. The van der Waals surface area contributed by atoms with Gasteiger partial charge in [0.05, 0.1) is 0 Å². The van der Waals surface area contributed by atoms with Crippen LogP contribution in [0.25, 0.3) is 10.8 Å². The fraction of sp³-hybridized carbons (Fsp3) is 0.409. The van der Waals surface area contributed by atoms with Crippen LogP contribution in [0.1, 0.15) is 24.8 Å². The fourth-order valence-corrected chi connectivity index (χ4v) is 3.73. The van der Waals surface area contributed by atoms with Gasteiger partial charge in [-0.2, -0.15) is 0 Å². The number of nitrogens with two attached hydrogens (primary N) is 1. The van der Waals surface area contributed by atoms with Crippen molar-refractivity contribution >= 4 is 16.7 Å². The number of fused-ring (bicyclic) bond motifs is 1. The van der Waals surface area contributed by atoms with Gasteiger partial charge in [0.2, 0.25) is 5.91 Å². The SMILES string of the molecule is C=CN1CCN(CCc2ccc3ccccc3c2)C(=O)[C@@H]1CCCCN. The van der Waals surface area contributed by atoms with Gasteiger partial charge in [-0.3, -0.25) is 4.79 Å². The number of piperazine rings is 1. The van der Waals surface area contributed by atoms with Crippen molar-refractivity contribution in [3.63, 3.8) is 0 Å². The second kappa shape index (κ2) is 8.86. The van der Waals surface area contributed by atoms with E-state index in [0.717, 1.165) is 45.3 Å². The third-order valence-corrected chi connectivity index (χ3v) is 5.28. The molecule has 1 fully saturated rings. The molecule has 26 heavy (non-hydrogen) atoms. The molecule has 0 radical (unpaired) electrons. The summed E-state index contributed by atoms with van der Waals surface area (Å²) in [6, 6.07) is 14.9. The molecule has 4 nitrogen and oxygen atoms in total. The summed E-state index contributed by atoms with van der Waals surface area (Å²) in [6.45, 7) is 6.96. The average Bonchev–Trinajstić information content (AvgIpc) is 2.68. The van der Waals surface area contributed by atoms with Crippen LogP contribution in [0.4, 0.5) is 0 Å².